The highest BCUT2D eigenvalue weighted by atomic mass is 14.1. The molecule has 0 spiro atoms. The molecule has 0 aromatic carbocycles. The van der Waals surface area contributed by atoms with E-state index in [4.69, 9.17) is 0 Å². The van der Waals surface area contributed by atoms with Crippen LogP contribution in [0.1, 0.15) is 19.8 Å². The summed E-state index contributed by atoms with van der Waals surface area (Å²) in [6.07, 6.45) is 17.0. The maximum absolute atomic E-state index is 3.60. The monoisotopic (exact) mass is 173 g/mol. The summed E-state index contributed by atoms with van der Waals surface area (Å²) in [5, 5.41) is 0. The van der Waals surface area contributed by atoms with Gasteiger partial charge >= 0.3 is 0 Å². The number of rotatable bonds is 4. The van der Waals surface area contributed by atoms with Gasteiger partial charge in [0.2, 0.25) is 0 Å². The molecule has 1 rings (SSSR count). The molecule has 0 heterocycles. The first kappa shape index (κ1) is 10.0. The second-order valence-corrected chi connectivity index (χ2v) is 3.30. The molecule has 0 aliphatic heterocycles. The van der Waals surface area contributed by atoms with Crippen LogP contribution in [0.2, 0.25) is 0 Å². The number of hydrogen-bond acceptors (Lipinski definition) is 0. The third kappa shape index (κ3) is 3.45. The van der Waals surface area contributed by atoms with E-state index in [0.29, 0.717) is 5.92 Å². The topological polar surface area (TPSA) is 0 Å². The molecular formula is C13H17. The molecule has 0 aromatic rings. The lowest BCUT2D eigenvalue weighted by molar-refractivity contribution is 0.718. The quantitative estimate of drug-likeness (QED) is 0.447. The van der Waals surface area contributed by atoms with Crippen LogP contribution in [0.3, 0.4) is 0 Å². The summed E-state index contributed by atoms with van der Waals surface area (Å²) in [6, 6.07) is 0. The summed E-state index contributed by atoms with van der Waals surface area (Å²) in [5.74, 6) is 0.613. The predicted molar refractivity (Wildman–Crippen MR) is 59.3 cm³/mol. The second-order valence-electron chi connectivity index (χ2n) is 3.30. The van der Waals surface area contributed by atoms with Crippen molar-refractivity contribution in [3.8, 4) is 0 Å². The molecule has 0 bridgehead atoms. The van der Waals surface area contributed by atoms with Gasteiger partial charge in [0.25, 0.3) is 0 Å². The highest BCUT2D eigenvalue weighted by molar-refractivity contribution is 5.21. The Morgan fingerprint density at radius 1 is 1.31 bits per heavy atom. The van der Waals surface area contributed by atoms with Crippen molar-refractivity contribution in [2.75, 3.05) is 0 Å². The number of allylic oxidation sites excluding steroid dienone is 8. The van der Waals surface area contributed by atoms with Crippen molar-refractivity contribution in [1.82, 2.24) is 0 Å². The SMILES string of the molecule is [CH2]\C=C/C=C\C=C\C(C)C1=CCC1. The minimum Gasteiger partial charge on any atom is -0.0844 e. The molecule has 1 aliphatic rings. The molecule has 13 heavy (non-hydrogen) atoms. The summed E-state index contributed by atoms with van der Waals surface area (Å²) in [7, 11) is 0. The Bertz CT molecular complexity index is 251. The van der Waals surface area contributed by atoms with E-state index >= 15 is 0 Å². The zero-order valence-corrected chi connectivity index (χ0v) is 8.24. The summed E-state index contributed by atoms with van der Waals surface area (Å²) in [4.78, 5) is 0. The molecule has 1 unspecified atom stereocenters. The van der Waals surface area contributed by atoms with E-state index in [-0.39, 0.29) is 0 Å². The van der Waals surface area contributed by atoms with Gasteiger partial charge in [0, 0.05) is 0 Å². The average Bonchev–Trinajstić information content (AvgIpc) is 2.01. The molecule has 0 fully saturated rings. The first-order valence-corrected chi connectivity index (χ1v) is 4.82. The smallest absolute Gasteiger partial charge is 0.00484 e. The molecule has 0 nitrogen and oxygen atoms in total. The van der Waals surface area contributed by atoms with E-state index < -0.39 is 0 Å². The van der Waals surface area contributed by atoms with Gasteiger partial charge in [-0.3, -0.25) is 0 Å². The summed E-state index contributed by atoms with van der Waals surface area (Å²) in [5.41, 5.74) is 1.58. The molecule has 0 amide bonds. The Morgan fingerprint density at radius 3 is 2.54 bits per heavy atom. The summed E-state index contributed by atoms with van der Waals surface area (Å²) in [6.45, 7) is 5.85. The lowest BCUT2D eigenvalue weighted by Gasteiger charge is -2.18. The van der Waals surface area contributed by atoms with Gasteiger partial charge in [-0.15, -0.1) is 0 Å². The van der Waals surface area contributed by atoms with Gasteiger partial charge in [-0.25, -0.2) is 0 Å². The van der Waals surface area contributed by atoms with Crippen molar-refractivity contribution in [2.24, 2.45) is 5.92 Å². The van der Waals surface area contributed by atoms with Crippen molar-refractivity contribution in [2.45, 2.75) is 19.8 Å². The van der Waals surface area contributed by atoms with Crippen molar-refractivity contribution < 1.29 is 0 Å². The Balaban J connectivity index is 2.30. The highest BCUT2D eigenvalue weighted by Crippen LogP contribution is 2.26. The fourth-order valence-corrected chi connectivity index (χ4v) is 1.29. The van der Waals surface area contributed by atoms with E-state index in [9.17, 15) is 0 Å². The Kier molecular flexibility index (Phi) is 4.31. The first-order chi connectivity index (χ1) is 6.34. The molecule has 0 aromatic heterocycles. The zero-order chi connectivity index (χ0) is 9.52. The molecule has 0 N–H and O–H groups in total. The highest BCUT2D eigenvalue weighted by Gasteiger charge is 2.09. The molecule has 0 heteroatoms. The third-order valence-electron chi connectivity index (χ3n) is 2.29. The largest absolute Gasteiger partial charge is 0.0844 e. The number of hydrogen-bond donors (Lipinski definition) is 0. The normalized spacial score (nSPS) is 19.7. The van der Waals surface area contributed by atoms with Gasteiger partial charge in [-0.1, -0.05) is 55.0 Å². The van der Waals surface area contributed by atoms with Crippen LogP contribution < -0.4 is 0 Å². The zero-order valence-electron chi connectivity index (χ0n) is 8.24. The predicted octanol–water partition coefficient (Wildman–Crippen LogP) is 3.85. The minimum absolute atomic E-state index is 0.613. The fraction of sp³-hybridized carbons (Fsp3) is 0.308. The van der Waals surface area contributed by atoms with E-state index in [1.807, 2.05) is 18.2 Å². The molecular weight excluding hydrogens is 156 g/mol. The lowest BCUT2D eigenvalue weighted by Crippen LogP contribution is -2.02. The third-order valence-corrected chi connectivity index (χ3v) is 2.29. The van der Waals surface area contributed by atoms with Gasteiger partial charge in [0.1, 0.15) is 0 Å². The minimum atomic E-state index is 0.613. The van der Waals surface area contributed by atoms with Crippen LogP contribution in [0.4, 0.5) is 0 Å². The lowest BCUT2D eigenvalue weighted by atomic mass is 9.88. The molecule has 0 saturated heterocycles. The molecule has 0 saturated carbocycles. The van der Waals surface area contributed by atoms with Gasteiger partial charge in [-0.05, 0) is 25.7 Å². The van der Waals surface area contributed by atoms with Crippen molar-refractivity contribution in [3.63, 3.8) is 0 Å². The van der Waals surface area contributed by atoms with Gasteiger partial charge in [0.05, 0.1) is 0 Å². The second kappa shape index (κ2) is 5.58. The summed E-state index contributed by atoms with van der Waals surface area (Å²) < 4.78 is 0. The van der Waals surface area contributed by atoms with Crippen molar-refractivity contribution in [1.29, 1.82) is 0 Å². The standard InChI is InChI=1S/C13H17/c1-3-4-5-6-7-9-12(2)13-10-8-11-13/h3-7,9-10,12H,1,8,11H2,2H3/b4-3-,6-5-,9-7+. The maximum Gasteiger partial charge on any atom is -0.00484 e. The molecule has 69 valence electrons. The first-order valence-electron chi connectivity index (χ1n) is 4.82. The van der Waals surface area contributed by atoms with Crippen LogP contribution in [0.25, 0.3) is 0 Å². The van der Waals surface area contributed by atoms with Crippen molar-refractivity contribution >= 4 is 0 Å². The van der Waals surface area contributed by atoms with Crippen LogP contribution in [0, 0.1) is 12.8 Å². The van der Waals surface area contributed by atoms with Gasteiger partial charge < -0.3 is 0 Å². The molecule has 1 atom stereocenters. The van der Waals surface area contributed by atoms with E-state index in [2.05, 4.69) is 32.1 Å². The van der Waals surface area contributed by atoms with E-state index in [1.54, 1.807) is 11.6 Å². The van der Waals surface area contributed by atoms with Crippen LogP contribution in [-0.2, 0) is 0 Å². The van der Waals surface area contributed by atoms with Crippen LogP contribution in [-0.4, -0.2) is 0 Å². The van der Waals surface area contributed by atoms with E-state index in [1.165, 1.54) is 12.8 Å². The average molecular weight is 173 g/mol. The Morgan fingerprint density at radius 2 is 2.00 bits per heavy atom. The van der Waals surface area contributed by atoms with Crippen LogP contribution >= 0.6 is 0 Å². The Hall–Kier alpha value is -1.04. The maximum atomic E-state index is 3.60. The van der Waals surface area contributed by atoms with E-state index in [0.717, 1.165) is 0 Å². The summed E-state index contributed by atoms with van der Waals surface area (Å²) >= 11 is 0. The van der Waals surface area contributed by atoms with Crippen molar-refractivity contribution in [3.05, 3.63) is 55.0 Å². The molecule has 1 radical (unpaired) electrons. The van der Waals surface area contributed by atoms with Gasteiger partial charge in [0.15, 0.2) is 0 Å². The Labute approximate surface area is 81.4 Å². The molecule has 1 aliphatic carbocycles. The van der Waals surface area contributed by atoms with Crippen LogP contribution in [0.5, 0.6) is 0 Å². The van der Waals surface area contributed by atoms with Crippen LogP contribution in [0.15, 0.2) is 48.1 Å². The van der Waals surface area contributed by atoms with Gasteiger partial charge in [-0.2, -0.15) is 0 Å². The fourth-order valence-electron chi connectivity index (χ4n) is 1.29.